The summed E-state index contributed by atoms with van der Waals surface area (Å²) in [5.74, 6) is 0. The molecule has 124 valence electrons. The summed E-state index contributed by atoms with van der Waals surface area (Å²) in [6.07, 6.45) is 26.0. The van der Waals surface area contributed by atoms with Crippen LogP contribution in [0.25, 0.3) is 0 Å². The van der Waals surface area contributed by atoms with Crippen molar-refractivity contribution in [3.8, 4) is 0 Å². The van der Waals surface area contributed by atoms with Gasteiger partial charge in [-0.25, -0.2) is 0 Å². The summed E-state index contributed by atoms with van der Waals surface area (Å²) in [7, 11) is 0. The lowest BCUT2D eigenvalue weighted by Crippen LogP contribution is -1.75. The van der Waals surface area contributed by atoms with E-state index in [9.17, 15) is 9.59 Å². The fraction of sp³-hybridized carbons (Fsp3) is 0.500. The van der Waals surface area contributed by atoms with Crippen LogP contribution in [-0.4, -0.2) is 12.6 Å². The Labute approximate surface area is 136 Å². The molecule has 2 heteroatoms. The third kappa shape index (κ3) is 26.8. The van der Waals surface area contributed by atoms with Gasteiger partial charge in [0, 0.05) is 0 Å². The molecule has 22 heavy (non-hydrogen) atoms. The number of rotatable bonds is 12. The van der Waals surface area contributed by atoms with E-state index in [1.807, 2.05) is 18.2 Å². The Bertz CT molecular complexity index is 336. The van der Waals surface area contributed by atoms with E-state index >= 15 is 0 Å². The second-order valence-electron chi connectivity index (χ2n) is 4.89. The molecular weight excluding hydrogens is 272 g/mol. The van der Waals surface area contributed by atoms with Crippen LogP contribution in [0.15, 0.2) is 48.6 Å². The van der Waals surface area contributed by atoms with Crippen LogP contribution in [0, 0.1) is 0 Å². The second-order valence-corrected chi connectivity index (χ2v) is 4.89. The van der Waals surface area contributed by atoms with E-state index in [-0.39, 0.29) is 0 Å². The van der Waals surface area contributed by atoms with Gasteiger partial charge in [-0.15, -0.1) is 0 Å². The maximum absolute atomic E-state index is 9.89. The lowest BCUT2D eigenvalue weighted by Gasteiger charge is -1.95. The molecule has 0 spiro atoms. The minimum Gasteiger partial charge on any atom is -0.299 e. The number of carbonyl (C=O) groups is 2. The van der Waals surface area contributed by atoms with Crippen LogP contribution in [-0.2, 0) is 9.59 Å². The Hall–Kier alpha value is -1.70. The average Bonchev–Trinajstić information content (AvgIpc) is 2.54. The highest BCUT2D eigenvalue weighted by Gasteiger charge is 1.85. The third-order valence-electron chi connectivity index (χ3n) is 2.80. The Kier molecular flexibility index (Phi) is 25.0. The van der Waals surface area contributed by atoms with Crippen LogP contribution < -0.4 is 0 Å². The van der Waals surface area contributed by atoms with E-state index in [1.165, 1.54) is 44.3 Å². The summed E-state index contributed by atoms with van der Waals surface area (Å²) in [5, 5.41) is 0. The van der Waals surface area contributed by atoms with Crippen LogP contribution in [0.2, 0.25) is 0 Å². The van der Waals surface area contributed by atoms with Gasteiger partial charge < -0.3 is 0 Å². The van der Waals surface area contributed by atoms with Gasteiger partial charge in [0.1, 0.15) is 12.6 Å². The maximum atomic E-state index is 9.89. The molecule has 0 aromatic rings. The molecule has 0 aliphatic rings. The number of hydrogen-bond acceptors (Lipinski definition) is 2. The topological polar surface area (TPSA) is 34.1 Å². The number of aldehydes is 2. The number of carbonyl (C=O) groups excluding carboxylic acids is 2. The van der Waals surface area contributed by atoms with Crippen LogP contribution in [0.5, 0.6) is 0 Å². The fourth-order valence-corrected chi connectivity index (χ4v) is 1.60. The van der Waals surface area contributed by atoms with E-state index in [4.69, 9.17) is 0 Å². The maximum Gasteiger partial charge on any atom is 0.142 e. The first-order valence-corrected chi connectivity index (χ1v) is 8.37. The van der Waals surface area contributed by atoms with Crippen molar-refractivity contribution >= 4 is 12.6 Å². The first-order chi connectivity index (χ1) is 10.8. The molecular formula is C20H32O2. The molecule has 0 aromatic heterocycles. The Balaban J connectivity index is 0. The van der Waals surface area contributed by atoms with Crippen LogP contribution in [0.4, 0.5) is 0 Å². The average molecular weight is 304 g/mol. The highest BCUT2D eigenvalue weighted by atomic mass is 16.1. The smallest absolute Gasteiger partial charge is 0.142 e. The summed E-state index contributed by atoms with van der Waals surface area (Å²) in [6.45, 7) is 4.35. The SMILES string of the molecule is CCCC=CC=CC=O.CCCCCCCC=CC=CC=O. The largest absolute Gasteiger partial charge is 0.299 e. The number of hydrogen-bond donors (Lipinski definition) is 0. The predicted octanol–water partition coefficient (Wildman–Crippen LogP) is 5.76. The molecule has 0 fully saturated rings. The van der Waals surface area contributed by atoms with Gasteiger partial charge in [-0.3, -0.25) is 9.59 Å². The molecule has 0 amide bonds. The second kappa shape index (κ2) is 24.3. The van der Waals surface area contributed by atoms with Crippen LogP contribution in [0.3, 0.4) is 0 Å². The molecule has 0 saturated carbocycles. The lowest BCUT2D eigenvalue weighted by atomic mass is 10.1. The highest BCUT2D eigenvalue weighted by molar-refractivity contribution is 5.65. The molecule has 0 heterocycles. The van der Waals surface area contributed by atoms with Gasteiger partial charge in [0.15, 0.2) is 0 Å². The molecule has 0 saturated heterocycles. The minimum absolute atomic E-state index is 0.774. The Morgan fingerprint density at radius 3 is 1.59 bits per heavy atom. The first kappa shape index (κ1) is 22.6. The van der Waals surface area contributed by atoms with E-state index < -0.39 is 0 Å². The molecule has 0 rings (SSSR count). The van der Waals surface area contributed by atoms with Gasteiger partial charge in [-0.2, -0.15) is 0 Å². The molecule has 0 atom stereocenters. The van der Waals surface area contributed by atoms with Crippen LogP contribution in [0.1, 0.15) is 65.2 Å². The van der Waals surface area contributed by atoms with E-state index in [0.717, 1.165) is 31.8 Å². The van der Waals surface area contributed by atoms with E-state index in [2.05, 4.69) is 19.9 Å². The number of allylic oxidation sites excluding steroid dienone is 8. The zero-order chi connectivity index (χ0) is 16.7. The van der Waals surface area contributed by atoms with Crippen molar-refractivity contribution in [3.63, 3.8) is 0 Å². The van der Waals surface area contributed by atoms with Crippen molar-refractivity contribution in [2.24, 2.45) is 0 Å². The third-order valence-corrected chi connectivity index (χ3v) is 2.80. The molecule has 0 aliphatic heterocycles. The van der Waals surface area contributed by atoms with Gasteiger partial charge in [0.05, 0.1) is 0 Å². The normalized spacial score (nSPS) is 11.4. The zero-order valence-electron chi connectivity index (χ0n) is 14.2. The van der Waals surface area contributed by atoms with Gasteiger partial charge in [-0.05, 0) is 31.4 Å². The fourth-order valence-electron chi connectivity index (χ4n) is 1.60. The molecule has 2 nitrogen and oxygen atoms in total. The summed E-state index contributed by atoms with van der Waals surface area (Å²) < 4.78 is 0. The van der Waals surface area contributed by atoms with Crippen molar-refractivity contribution < 1.29 is 9.59 Å². The molecule has 0 N–H and O–H groups in total. The summed E-state index contributed by atoms with van der Waals surface area (Å²) >= 11 is 0. The van der Waals surface area contributed by atoms with Gasteiger partial charge in [0.2, 0.25) is 0 Å². The Morgan fingerprint density at radius 1 is 0.545 bits per heavy atom. The highest BCUT2D eigenvalue weighted by Crippen LogP contribution is 2.05. The molecule has 0 bridgehead atoms. The van der Waals surface area contributed by atoms with E-state index in [1.54, 1.807) is 12.2 Å². The zero-order valence-corrected chi connectivity index (χ0v) is 14.2. The van der Waals surface area contributed by atoms with Gasteiger partial charge >= 0.3 is 0 Å². The minimum atomic E-state index is 0.774. The molecule has 0 unspecified atom stereocenters. The first-order valence-electron chi connectivity index (χ1n) is 8.37. The van der Waals surface area contributed by atoms with Crippen LogP contribution >= 0.6 is 0 Å². The van der Waals surface area contributed by atoms with E-state index in [0.29, 0.717) is 0 Å². The standard InChI is InChI=1S/C12H20O.C8H12O/c1-2-3-4-5-6-7-8-9-10-11-12-13;1-2-3-4-5-6-7-8-9/h8-12H,2-7H2,1H3;4-8H,2-3H2,1H3. The molecule has 0 aliphatic carbocycles. The predicted molar refractivity (Wildman–Crippen MR) is 97.0 cm³/mol. The van der Waals surface area contributed by atoms with Crippen molar-refractivity contribution in [1.29, 1.82) is 0 Å². The molecule has 0 aromatic carbocycles. The quantitative estimate of drug-likeness (QED) is 0.199. The van der Waals surface area contributed by atoms with Crippen molar-refractivity contribution in [1.82, 2.24) is 0 Å². The lowest BCUT2D eigenvalue weighted by molar-refractivity contribution is -0.104. The van der Waals surface area contributed by atoms with Crippen molar-refractivity contribution in [2.45, 2.75) is 65.2 Å². The number of unbranched alkanes of at least 4 members (excludes halogenated alkanes) is 6. The van der Waals surface area contributed by atoms with Gasteiger partial charge in [0.25, 0.3) is 0 Å². The summed E-state index contributed by atoms with van der Waals surface area (Å²) in [6, 6.07) is 0. The monoisotopic (exact) mass is 304 g/mol. The van der Waals surface area contributed by atoms with Crippen molar-refractivity contribution in [3.05, 3.63) is 48.6 Å². The molecule has 0 radical (unpaired) electrons. The summed E-state index contributed by atoms with van der Waals surface area (Å²) in [5.41, 5.74) is 0. The Morgan fingerprint density at radius 2 is 1.09 bits per heavy atom. The van der Waals surface area contributed by atoms with Gasteiger partial charge in [-0.1, -0.05) is 82.4 Å². The van der Waals surface area contributed by atoms with Crippen molar-refractivity contribution in [2.75, 3.05) is 0 Å². The summed E-state index contributed by atoms with van der Waals surface area (Å²) in [4.78, 5) is 19.6.